The summed E-state index contributed by atoms with van der Waals surface area (Å²) >= 11 is 0. The number of anilines is 2. The number of pyridine rings is 1. The van der Waals surface area contributed by atoms with E-state index in [2.05, 4.69) is 39.4 Å². The van der Waals surface area contributed by atoms with Crippen LogP contribution < -0.4 is 10.6 Å². The van der Waals surface area contributed by atoms with Crippen LogP contribution in [-0.4, -0.2) is 21.0 Å². The van der Waals surface area contributed by atoms with Crippen LogP contribution in [0.15, 0.2) is 30.6 Å². The van der Waals surface area contributed by atoms with Crippen LogP contribution in [-0.2, 0) is 6.54 Å². The second kappa shape index (κ2) is 6.84. The fourth-order valence-electron chi connectivity index (χ4n) is 1.76. The highest BCUT2D eigenvalue weighted by molar-refractivity contribution is 5.43. The Labute approximate surface area is 119 Å². The molecule has 0 spiro atoms. The Morgan fingerprint density at radius 3 is 2.85 bits per heavy atom. The molecule has 2 aromatic heterocycles. The molecule has 106 valence electrons. The summed E-state index contributed by atoms with van der Waals surface area (Å²) in [6.45, 7) is 6.92. The molecule has 2 heterocycles. The van der Waals surface area contributed by atoms with E-state index in [1.54, 1.807) is 6.20 Å². The molecule has 2 N–H and O–H groups in total. The highest BCUT2D eigenvalue weighted by atomic mass is 15.1. The van der Waals surface area contributed by atoms with Gasteiger partial charge in [-0.15, -0.1) is 0 Å². The van der Waals surface area contributed by atoms with Gasteiger partial charge in [-0.2, -0.15) is 4.98 Å². The van der Waals surface area contributed by atoms with Crippen molar-refractivity contribution in [2.45, 2.75) is 39.8 Å². The van der Waals surface area contributed by atoms with Crippen LogP contribution in [0.3, 0.4) is 0 Å². The number of nitrogens with zero attached hydrogens (tertiary/aromatic N) is 3. The molecule has 0 saturated carbocycles. The molecule has 0 aliphatic rings. The number of aromatic nitrogens is 3. The summed E-state index contributed by atoms with van der Waals surface area (Å²) in [5, 5.41) is 6.60. The molecule has 1 unspecified atom stereocenters. The average Bonchev–Trinajstić information content (AvgIpc) is 2.45. The van der Waals surface area contributed by atoms with E-state index in [9.17, 15) is 0 Å². The van der Waals surface area contributed by atoms with Crippen LogP contribution in [0.2, 0.25) is 0 Å². The topological polar surface area (TPSA) is 62.7 Å². The average molecular weight is 271 g/mol. The van der Waals surface area contributed by atoms with Crippen molar-refractivity contribution in [3.8, 4) is 0 Å². The van der Waals surface area contributed by atoms with Crippen molar-refractivity contribution in [2.24, 2.45) is 0 Å². The molecule has 0 aromatic carbocycles. The minimum atomic E-state index is 0.399. The smallest absolute Gasteiger partial charge is 0.225 e. The van der Waals surface area contributed by atoms with Crippen molar-refractivity contribution in [3.63, 3.8) is 0 Å². The van der Waals surface area contributed by atoms with E-state index in [1.807, 2.05) is 31.3 Å². The number of rotatable bonds is 6. The van der Waals surface area contributed by atoms with Crippen LogP contribution in [0.4, 0.5) is 11.8 Å². The maximum atomic E-state index is 4.48. The Balaban J connectivity index is 2.04. The van der Waals surface area contributed by atoms with Gasteiger partial charge in [-0.25, -0.2) is 4.98 Å². The number of hydrogen-bond donors (Lipinski definition) is 2. The largest absolute Gasteiger partial charge is 0.367 e. The van der Waals surface area contributed by atoms with Crippen LogP contribution in [0.5, 0.6) is 0 Å². The van der Waals surface area contributed by atoms with Gasteiger partial charge in [-0.3, -0.25) is 4.98 Å². The zero-order valence-electron chi connectivity index (χ0n) is 12.2. The van der Waals surface area contributed by atoms with Gasteiger partial charge < -0.3 is 10.6 Å². The molecule has 2 rings (SSSR count). The molecule has 0 fully saturated rings. The van der Waals surface area contributed by atoms with Gasteiger partial charge in [0, 0.05) is 36.7 Å². The second-order valence-electron chi connectivity index (χ2n) is 4.89. The first-order valence-electron chi connectivity index (χ1n) is 6.92. The van der Waals surface area contributed by atoms with Crippen LogP contribution in [0.1, 0.15) is 31.5 Å². The van der Waals surface area contributed by atoms with Crippen molar-refractivity contribution in [1.82, 2.24) is 15.0 Å². The normalized spacial score (nSPS) is 11.9. The monoisotopic (exact) mass is 271 g/mol. The predicted octanol–water partition coefficient (Wildman–Crippen LogP) is 3.00. The highest BCUT2D eigenvalue weighted by Crippen LogP contribution is 2.12. The van der Waals surface area contributed by atoms with E-state index in [1.165, 1.54) is 0 Å². The molecule has 0 radical (unpaired) electrons. The standard InChI is InChI=1S/C15H21N5/c1-4-11(2)18-14-8-12(3)19-15(20-14)17-10-13-6-5-7-16-9-13/h5-9,11H,4,10H2,1-3H3,(H2,17,18,19,20). The first-order valence-corrected chi connectivity index (χ1v) is 6.92. The minimum Gasteiger partial charge on any atom is -0.367 e. The van der Waals surface area contributed by atoms with Gasteiger partial charge in [0.1, 0.15) is 5.82 Å². The first-order chi connectivity index (χ1) is 9.67. The van der Waals surface area contributed by atoms with E-state index < -0.39 is 0 Å². The lowest BCUT2D eigenvalue weighted by molar-refractivity contribution is 0.758. The van der Waals surface area contributed by atoms with Crippen molar-refractivity contribution >= 4 is 11.8 Å². The fourth-order valence-corrected chi connectivity index (χ4v) is 1.76. The number of hydrogen-bond acceptors (Lipinski definition) is 5. The van der Waals surface area contributed by atoms with E-state index in [0.29, 0.717) is 18.5 Å². The Morgan fingerprint density at radius 1 is 1.30 bits per heavy atom. The molecule has 5 nitrogen and oxygen atoms in total. The van der Waals surface area contributed by atoms with Crippen LogP contribution in [0.25, 0.3) is 0 Å². The van der Waals surface area contributed by atoms with Gasteiger partial charge in [0.2, 0.25) is 5.95 Å². The van der Waals surface area contributed by atoms with E-state index in [0.717, 1.165) is 23.5 Å². The predicted molar refractivity (Wildman–Crippen MR) is 81.7 cm³/mol. The van der Waals surface area contributed by atoms with Crippen LogP contribution in [0, 0.1) is 6.92 Å². The Morgan fingerprint density at radius 2 is 2.15 bits per heavy atom. The summed E-state index contributed by atoms with van der Waals surface area (Å²) < 4.78 is 0. The summed E-state index contributed by atoms with van der Waals surface area (Å²) in [6, 6.07) is 6.30. The summed E-state index contributed by atoms with van der Waals surface area (Å²) in [4.78, 5) is 13.0. The van der Waals surface area contributed by atoms with Gasteiger partial charge in [-0.05, 0) is 31.9 Å². The number of nitrogens with one attached hydrogen (secondary N) is 2. The molecule has 1 atom stereocenters. The van der Waals surface area contributed by atoms with Gasteiger partial charge in [0.05, 0.1) is 0 Å². The molecule has 0 amide bonds. The summed E-state index contributed by atoms with van der Waals surface area (Å²) in [5.74, 6) is 1.50. The molecule has 5 heteroatoms. The summed E-state index contributed by atoms with van der Waals surface area (Å²) in [5.41, 5.74) is 2.05. The van der Waals surface area contributed by atoms with E-state index >= 15 is 0 Å². The molecule has 0 aliphatic carbocycles. The van der Waals surface area contributed by atoms with E-state index in [4.69, 9.17) is 0 Å². The maximum Gasteiger partial charge on any atom is 0.225 e. The van der Waals surface area contributed by atoms with Crippen molar-refractivity contribution in [3.05, 3.63) is 41.9 Å². The molecule has 0 saturated heterocycles. The zero-order chi connectivity index (χ0) is 14.4. The van der Waals surface area contributed by atoms with Crippen molar-refractivity contribution in [2.75, 3.05) is 10.6 Å². The van der Waals surface area contributed by atoms with Gasteiger partial charge >= 0.3 is 0 Å². The maximum absolute atomic E-state index is 4.48. The van der Waals surface area contributed by atoms with Gasteiger partial charge in [0.25, 0.3) is 0 Å². The molecular formula is C15H21N5. The summed E-state index contributed by atoms with van der Waals surface area (Å²) in [6.07, 6.45) is 4.66. The molecular weight excluding hydrogens is 250 g/mol. The molecule has 0 bridgehead atoms. The Hall–Kier alpha value is -2.17. The third-order valence-corrected chi connectivity index (χ3v) is 3.03. The quantitative estimate of drug-likeness (QED) is 0.845. The molecule has 2 aromatic rings. The van der Waals surface area contributed by atoms with E-state index in [-0.39, 0.29) is 0 Å². The fraction of sp³-hybridized carbons (Fsp3) is 0.400. The van der Waals surface area contributed by atoms with Crippen molar-refractivity contribution in [1.29, 1.82) is 0 Å². The molecule has 20 heavy (non-hydrogen) atoms. The lowest BCUT2D eigenvalue weighted by Gasteiger charge is -2.14. The Kier molecular flexibility index (Phi) is 4.87. The number of aryl methyl sites for hydroxylation is 1. The lowest BCUT2D eigenvalue weighted by Crippen LogP contribution is -2.15. The zero-order valence-corrected chi connectivity index (χ0v) is 12.2. The molecule has 0 aliphatic heterocycles. The SMILES string of the molecule is CCC(C)Nc1cc(C)nc(NCc2cccnc2)n1. The second-order valence-corrected chi connectivity index (χ2v) is 4.89. The third-order valence-electron chi connectivity index (χ3n) is 3.03. The summed E-state index contributed by atoms with van der Waals surface area (Å²) in [7, 11) is 0. The third kappa shape index (κ3) is 4.19. The van der Waals surface area contributed by atoms with Crippen molar-refractivity contribution < 1.29 is 0 Å². The minimum absolute atomic E-state index is 0.399. The first kappa shape index (κ1) is 14.2. The van der Waals surface area contributed by atoms with Gasteiger partial charge in [-0.1, -0.05) is 13.0 Å². The van der Waals surface area contributed by atoms with Gasteiger partial charge in [0.15, 0.2) is 0 Å². The Bertz CT molecular complexity index is 541. The lowest BCUT2D eigenvalue weighted by atomic mass is 10.2. The highest BCUT2D eigenvalue weighted by Gasteiger charge is 2.04. The van der Waals surface area contributed by atoms with Crippen LogP contribution >= 0.6 is 0 Å².